The van der Waals surface area contributed by atoms with E-state index < -0.39 is 0 Å². The maximum absolute atomic E-state index is 12.6. The lowest BCUT2D eigenvalue weighted by molar-refractivity contribution is -0.136. The maximum Gasteiger partial charge on any atom is 0.236 e. The van der Waals surface area contributed by atoms with Crippen molar-refractivity contribution in [2.24, 2.45) is 23.5 Å². The molecule has 4 heteroatoms. The molecule has 116 valence electrons. The lowest BCUT2D eigenvalue weighted by Gasteiger charge is -2.41. The monoisotopic (exact) mass is 281 g/mol. The molecule has 4 nitrogen and oxygen atoms in total. The highest BCUT2D eigenvalue weighted by Crippen LogP contribution is 2.24. The zero-order valence-corrected chi connectivity index (χ0v) is 13.3. The maximum atomic E-state index is 12.6. The Morgan fingerprint density at radius 1 is 1.20 bits per heavy atom. The number of nitrogens with two attached hydrogens (primary N) is 1. The van der Waals surface area contributed by atoms with Gasteiger partial charge in [0.2, 0.25) is 5.91 Å². The summed E-state index contributed by atoms with van der Waals surface area (Å²) in [5.41, 5.74) is 5.92. The van der Waals surface area contributed by atoms with Gasteiger partial charge in [0.05, 0.1) is 6.54 Å². The normalized spacial score (nSPS) is 36.1. The summed E-state index contributed by atoms with van der Waals surface area (Å²) in [6.45, 7) is 10.9. The Bertz CT molecular complexity index is 324. The van der Waals surface area contributed by atoms with E-state index in [0.29, 0.717) is 42.8 Å². The molecule has 20 heavy (non-hydrogen) atoms. The fourth-order valence-electron chi connectivity index (χ4n) is 4.05. The fourth-order valence-corrected chi connectivity index (χ4v) is 4.05. The number of hydrogen-bond acceptors (Lipinski definition) is 3. The van der Waals surface area contributed by atoms with Gasteiger partial charge < -0.3 is 10.6 Å². The molecule has 4 unspecified atom stereocenters. The summed E-state index contributed by atoms with van der Waals surface area (Å²) < 4.78 is 0. The van der Waals surface area contributed by atoms with Crippen LogP contribution in [0.3, 0.4) is 0 Å². The van der Waals surface area contributed by atoms with E-state index in [4.69, 9.17) is 5.73 Å². The first-order valence-electron chi connectivity index (χ1n) is 8.23. The molecule has 2 fully saturated rings. The Labute approximate surface area is 123 Å². The van der Waals surface area contributed by atoms with Crippen molar-refractivity contribution >= 4 is 5.91 Å². The molecule has 0 aromatic rings. The average molecular weight is 281 g/mol. The third kappa shape index (κ3) is 3.73. The van der Waals surface area contributed by atoms with Crippen LogP contribution in [0.2, 0.25) is 0 Å². The highest BCUT2D eigenvalue weighted by atomic mass is 16.2. The second kappa shape index (κ2) is 6.90. The molecule has 2 rings (SSSR count). The number of likely N-dealkylation sites (tertiary alicyclic amines) is 2. The average Bonchev–Trinajstić information content (AvgIpc) is 2.37. The van der Waals surface area contributed by atoms with Gasteiger partial charge in [0.25, 0.3) is 0 Å². The highest BCUT2D eigenvalue weighted by Gasteiger charge is 2.31. The van der Waals surface area contributed by atoms with Gasteiger partial charge in [-0.05, 0) is 43.6 Å². The third-order valence-electron chi connectivity index (χ3n) is 5.03. The summed E-state index contributed by atoms with van der Waals surface area (Å²) in [5, 5.41) is 0. The Morgan fingerprint density at radius 3 is 2.45 bits per heavy atom. The Balaban J connectivity index is 1.92. The van der Waals surface area contributed by atoms with E-state index in [9.17, 15) is 4.79 Å². The molecule has 2 aliphatic rings. The van der Waals surface area contributed by atoms with Crippen LogP contribution < -0.4 is 5.73 Å². The van der Waals surface area contributed by atoms with Gasteiger partial charge in [-0.15, -0.1) is 0 Å². The lowest BCUT2D eigenvalue weighted by Crippen LogP contribution is -2.54. The van der Waals surface area contributed by atoms with Crippen LogP contribution in [-0.2, 0) is 4.79 Å². The molecule has 0 radical (unpaired) electrons. The molecule has 2 heterocycles. The second-order valence-corrected chi connectivity index (χ2v) is 7.14. The molecule has 2 aliphatic heterocycles. The molecule has 0 saturated carbocycles. The predicted octanol–water partition coefficient (Wildman–Crippen LogP) is 1.55. The number of carbonyl (C=O) groups excluding carboxylic acids is 1. The van der Waals surface area contributed by atoms with E-state index in [1.807, 2.05) is 0 Å². The first kappa shape index (κ1) is 15.8. The van der Waals surface area contributed by atoms with Crippen molar-refractivity contribution in [1.29, 1.82) is 0 Å². The molecule has 0 aromatic heterocycles. The number of piperidine rings is 2. The van der Waals surface area contributed by atoms with Gasteiger partial charge >= 0.3 is 0 Å². The van der Waals surface area contributed by atoms with Gasteiger partial charge in [0.1, 0.15) is 0 Å². The molecule has 0 aliphatic carbocycles. The number of rotatable bonds is 3. The highest BCUT2D eigenvalue weighted by molar-refractivity contribution is 5.78. The quantitative estimate of drug-likeness (QED) is 0.854. The second-order valence-electron chi connectivity index (χ2n) is 7.14. The smallest absolute Gasteiger partial charge is 0.236 e. The van der Waals surface area contributed by atoms with Gasteiger partial charge in [-0.25, -0.2) is 0 Å². The predicted molar refractivity (Wildman–Crippen MR) is 82.3 cm³/mol. The largest absolute Gasteiger partial charge is 0.341 e. The van der Waals surface area contributed by atoms with Crippen LogP contribution in [0.15, 0.2) is 0 Å². The van der Waals surface area contributed by atoms with E-state index >= 15 is 0 Å². The minimum absolute atomic E-state index is 0.302. The number of nitrogens with zero attached hydrogens (tertiary/aromatic N) is 2. The van der Waals surface area contributed by atoms with Crippen molar-refractivity contribution in [2.45, 2.75) is 46.1 Å². The Hall–Kier alpha value is -0.610. The lowest BCUT2D eigenvalue weighted by atomic mass is 9.90. The summed E-state index contributed by atoms with van der Waals surface area (Å²) in [4.78, 5) is 17.0. The molecule has 0 aromatic carbocycles. The van der Waals surface area contributed by atoms with Gasteiger partial charge in [-0.3, -0.25) is 9.69 Å². The number of carbonyl (C=O) groups is 1. The van der Waals surface area contributed by atoms with Crippen molar-refractivity contribution in [3.63, 3.8) is 0 Å². The summed E-state index contributed by atoms with van der Waals surface area (Å²) in [5.74, 6) is 2.18. The summed E-state index contributed by atoms with van der Waals surface area (Å²) in [7, 11) is 0. The van der Waals surface area contributed by atoms with Gasteiger partial charge in [-0.1, -0.05) is 20.8 Å². The van der Waals surface area contributed by atoms with Crippen molar-refractivity contribution < 1.29 is 4.79 Å². The molecular weight excluding hydrogens is 250 g/mol. The first-order valence-corrected chi connectivity index (χ1v) is 8.23. The number of amides is 1. The van der Waals surface area contributed by atoms with E-state index in [-0.39, 0.29) is 0 Å². The van der Waals surface area contributed by atoms with Gasteiger partial charge in [-0.2, -0.15) is 0 Å². The molecule has 2 N–H and O–H groups in total. The fraction of sp³-hybridized carbons (Fsp3) is 0.938. The van der Waals surface area contributed by atoms with Crippen LogP contribution in [0.4, 0.5) is 0 Å². The third-order valence-corrected chi connectivity index (χ3v) is 5.03. The summed E-state index contributed by atoms with van der Waals surface area (Å²) >= 11 is 0. The molecule has 0 bridgehead atoms. The Kier molecular flexibility index (Phi) is 5.44. The molecule has 2 saturated heterocycles. The van der Waals surface area contributed by atoms with E-state index in [1.54, 1.807) is 0 Å². The van der Waals surface area contributed by atoms with Crippen LogP contribution in [0.5, 0.6) is 0 Å². The zero-order valence-electron chi connectivity index (χ0n) is 13.3. The molecule has 1 amide bonds. The van der Waals surface area contributed by atoms with E-state index in [0.717, 1.165) is 19.6 Å². The van der Waals surface area contributed by atoms with Crippen molar-refractivity contribution in [3.05, 3.63) is 0 Å². The molecular formula is C16H31N3O. The molecule has 4 atom stereocenters. The van der Waals surface area contributed by atoms with Crippen molar-refractivity contribution in [3.8, 4) is 0 Å². The standard InChI is InChI=1S/C16H31N3O/c1-12-7-13(2)10-19(9-12)16(20)11-18-6-4-5-14(3)15(18)8-17/h12-15H,4-11,17H2,1-3H3. The van der Waals surface area contributed by atoms with Gasteiger partial charge in [0.15, 0.2) is 0 Å². The van der Waals surface area contributed by atoms with Crippen LogP contribution in [-0.4, -0.2) is 54.5 Å². The van der Waals surface area contributed by atoms with Crippen molar-refractivity contribution in [2.75, 3.05) is 32.7 Å². The van der Waals surface area contributed by atoms with E-state index in [2.05, 4.69) is 30.6 Å². The first-order chi connectivity index (χ1) is 9.51. The zero-order chi connectivity index (χ0) is 14.7. The van der Waals surface area contributed by atoms with Crippen molar-refractivity contribution in [1.82, 2.24) is 9.80 Å². The Morgan fingerprint density at radius 2 is 1.85 bits per heavy atom. The van der Waals surface area contributed by atoms with Crippen LogP contribution in [0.1, 0.15) is 40.0 Å². The van der Waals surface area contributed by atoms with Crippen LogP contribution >= 0.6 is 0 Å². The van der Waals surface area contributed by atoms with Gasteiger partial charge in [0, 0.05) is 25.7 Å². The van der Waals surface area contributed by atoms with Crippen LogP contribution in [0.25, 0.3) is 0 Å². The topological polar surface area (TPSA) is 49.6 Å². The minimum atomic E-state index is 0.302. The van der Waals surface area contributed by atoms with E-state index in [1.165, 1.54) is 19.3 Å². The SMILES string of the molecule is CC1CC(C)CN(C(=O)CN2CCCC(C)C2CN)C1. The summed E-state index contributed by atoms with van der Waals surface area (Å²) in [6, 6.07) is 0.382. The molecule has 0 spiro atoms. The number of hydrogen-bond donors (Lipinski definition) is 1. The van der Waals surface area contributed by atoms with Crippen LogP contribution in [0, 0.1) is 17.8 Å². The minimum Gasteiger partial charge on any atom is -0.341 e. The summed E-state index contributed by atoms with van der Waals surface area (Å²) in [6.07, 6.45) is 3.68.